The molecule has 1 saturated heterocycles. The molecule has 0 aromatic carbocycles. The number of rotatable bonds is 7. The van der Waals surface area contributed by atoms with Crippen molar-refractivity contribution < 1.29 is 24.6 Å². The van der Waals surface area contributed by atoms with Gasteiger partial charge < -0.3 is 10.2 Å². The summed E-state index contributed by atoms with van der Waals surface area (Å²) in [6.07, 6.45) is 3.10. The molecule has 0 saturated carbocycles. The largest absolute Gasteiger partial charge is 0.481 e. The molecule has 1 aromatic heterocycles. The van der Waals surface area contributed by atoms with Crippen molar-refractivity contribution in [3.8, 4) is 0 Å². The first-order valence-corrected chi connectivity index (χ1v) is 6.94. The molecule has 7 heteroatoms. The predicted octanol–water partition coefficient (Wildman–Crippen LogP) is 0.431. The third-order valence-electron chi connectivity index (χ3n) is 3.45. The van der Waals surface area contributed by atoms with Crippen LogP contribution < -0.4 is 5.01 Å². The highest BCUT2D eigenvalue weighted by Gasteiger charge is 2.39. The van der Waals surface area contributed by atoms with E-state index in [-0.39, 0.29) is 12.8 Å². The maximum Gasteiger partial charge on any atom is 0.303 e. The van der Waals surface area contributed by atoms with Crippen molar-refractivity contribution in [2.24, 2.45) is 0 Å². The molecular formula is C14H18N2O5. The number of unbranched alkanes of at least 4 members (excludes halogenated alkanes) is 2. The van der Waals surface area contributed by atoms with Crippen molar-refractivity contribution in [2.45, 2.75) is 44.6 Å². The van der Waals surface area contributed by atoms with Gasteiger partial charge in [-0.2, -0.15) is 5.01 Å². The molecule has 0 radical (unpaired) electrons. The van der Waals surface area contributed by atoms with Crippen LogP contribution in [0.25, 0.3) is 0 Å². The zero-order valence-electron chi connectivity index (χ0n) is 11.6. The monoisotopic (exact) mass is 294 g/mol. The molecule has 2 amide bonds. The van der Waals surface area contributed by atoms with Crippen LogP contribution in [-0.2, 0) is 20.8 Å². The molecule has 1 aliphatic heterocycles. The van der Waals surface area contributed by atoms with Gasteiger partial charge in [-0.1, -0.05) is 6.42 Å². The highest BCUT2D eigenvalue weighted by atomic mass is 16.4. The highest BCUT2D eigenvalue weighted by molar-refractivity contribution is 6.16. The van der Waals surface area contributed by atoms with Crippen LogP contribution in [0.1, 0.15) is 37.8 Å². The fourth-order valence-corrected chi connectivity index (χ4v) is 2.39. The summed E-state index contributed by atoms with van der Waals surface area (Å²) in [6, 6.07) is 3.54. The number of carbonyl (C=O) groups excluding carboxylic acids is 2. The third kappa shape index (κ3) is 3.49. The van der Waals surface area contributed by atoms with Crippen LogP contribution >= 0.6 is 0 Å². The topological polar surface area (TPSA) is 99.8 Å². The minimum Gasteiger partial charge on any atom is -0.481 e. The van der Waals surface area contributed by atoms with Crippen LogP contribution in [-0.4, -0.2) is 38.8 Å². The number of hydrogen-bond acceptors (Lipinski definition) is 4. The number of aryl methyl sites for hydroxylation is 1. The smallest absolute Gasteiger partial charge is 0.303 e. The lowest BCUT2D eigenvalue weighted by Crippen LogP contribution is -2.41. The van der Waals surface area contributed by atoms with Crippen molar-refractivity contribution in [3.05, 3.63) is 24.0 Å². The lowest BCUT2D eigenvalue weighted by molar-refractivity contribution is -0.137. The summed E-state index contributed by atoms with van der Waals surface area (Å²) in [5.74, 6) is -1.83. The van der Waals surface area contributed by atoms with E-state index in [1.54, 1.807) is 12.3 Å². The van der Waals surface area contributed by atoms with Crippen molar-refractivity contribution in [3.63, 3.8) is 0 Å². The number of aromatic nitrogens is 1. The summed E-state index contributed by atoms with van der Waals surface area (Å²) in [5.41, 5.74) is 0.793. The van der Waals surface area contributed by atoms with Crippen LogP contribution in [0.4, 0.5) is 0 Å². The summed E-state index contributed by atoms with van der Waals surface area (Å²) in [4.78, 5) is 34.0. The first-order chi connectivity index (χ1) is 10.0. The number of nitrogens with zero attached hydrogens (tertiary/aromatic N) is 2. The van der Waals surface area contributed by atoms with E-state index in [4.69, 9.17) is 5.11 Å². The van der Waals surface area contributed by atoms with Gasteiger partial charge >= 0.3 is 5.97 Å². The number of aliphatic hydroxyl groups excluding tert-OH is 1. The van der Waals surface area contributed by atoms with Gasteiger partial charge in [0.1, 0.15) is 6.10 Å². The van der Waals surface area contributed by atoms with Gasteiger partial charge in [0.15, 0.2) is 0 Å². The number of aliphatic carboxylic acids is 1. The van der Waals surface area contributed by atoms with E-state index in [0.717, 1.165) is 23.5 Å². The van der Waals surface area contributed by atoms with Gasteiger partial charge in [-0.15, -0.1) is 0 Å². The van der Waals surface area contributed by atoms with Crippen LogP contribution in [0, 0.1) is 0 Å². The summed E-state index contributed by atoms with van der Waals surface area (Å²) in [7, 11) is 0. The van der Waals surface area contributed by atoms with E-state index in [1.807, 2.05) is 6.07 Å². The minimum absolute atomic E-state index is 0.149. The van der Waals surface area contributed by atoms with E-state index in [0.29, 0.717) is 12.8 Å². The molecule has 1 aliphatic rings. The Kier molecular flexibility index (Phi) is 4.74. The van der Waals surface area contributed by atoms with Crippen molar-refractivity contribution in [2.75, 3.05) is 5.01 Å². The average molecular weight is 294 g/mol. The SMILES string of the molecule is O=C(O)CCCCCc1cccn1N1C(=O)CC(O)C1=O. The molecule has 0 spiro atoms. The number of aliphatic hydroxyl groups is 1. The summed E-state index contributed by atoms with van der Waals surface area (Å²) in [6.45, 7) is 0. The molecule has 0 bridgehead atoms. The Balaban J connectivity index is 1.94. The zero-order chi connectivity index (χ0) is 15.4. The Bertz CT molecular complexity index is 551. The lowest BCUT2D eigenvalue weighted by Gasteiger charge is -2.18. The Morgan fingerprint density at radius 3 is 2.67 bits per heavy atom. The van der Waals surface area contributed by atoms with E-state index in [9.17, 15) is 19.5 Å². The maximum atomic E-state index is 11.8. The number of carbonyl (C=O) groups is 3. The van der Waals surface area contributed by atoms with Crippen LogP contribution in [0.15, 0.2) is 18.3 Å². The van der Waals surface area contributed by atoms with E-state index < -0.39 is 23.9 Å². The molecule has 0 aliphatic carbocycles. The molecule has 1 atom stereocenters. The van der Waals surface area contributed by atoms with Gasteiger partial charge in [-0.25, -0.2) is 0 Å². The molecule has 21 heavy (non-hydrogen) atoms. The van der Waals surface area contributed by atoms with Gasteiger partial charge in [0.2, 0.25) is 0 Å². The van der Waals surface area contributed by atoms with Crippen molar-refractivity contribution >= 4 is 17.8 Å². The Morgan fingerprint density at radius 2 is 2.05 bits per heavy atom. The minimum atomic E-state index is -1.26. The van der Waals surface area contributed by atoms with E-state index in [2.05, 4.69) is 0 Å². The molecular weight excluding hydrogens is 276 g/mol. The van der Waals surface area contributed by atoms with E-state index in [1.165, 1.54) is 4.68 Å². The number of carboxylic acid groups (broad SMARTS) is 1. The molecule has 1 unspecified atom stereocenters. The predicted molar refractivity (Wildman–Crippen MR) is 73.1 cm³/mol. The molecule has 1 fully saturated rings. The van der Waals surface area contributed by atoms with Gasteiger partial charge in [0.25, 0.3) is 11.8 Å². The van der Waals surface area contributed by atoms with Crippen LogP contribution in [0.2, 0.25) is 0 Å². The summed E-state index contributed by atoms with van der Waals surface area (Å²) in [5, 5.41) is 19.0. The van der Waals surface area contributed by atoms with Crippen LogP contribution in [0.5, 0.6) is 0 Å². The van der Waals surface area contributed by atoms with Crippen molar-refractivity contribution in [1.29, 1.82) is 0 Å². The highest BCUT2D eigenvalue weighted by Crippen LogP contribution is 2.16. The molecule has 2 N–H and O–H groups in total. The average Bonchev–Trinajstić information content (AvgIpc) is 2.95. The number of amides is 2. The molecule has 2 rings (SSSR count). The fourth-order valence-electron chi connectivity index (χ4n) is 2.39. The van der Waals surface area contributed by atoms with Gasteiger partial charge in [0.05, 0.1) is 6.42 Å². The third-order valence-corrected chi connectivity index (χ3v) is 3.45. The zero-order valence-corrected chi connectivity index (χ0v) is 11.6. The molecule has 2 heterocycles. The van der Waals surface area contributed by atoms with Gasteiger partial charge in [0, 0.05) is 18.3 Å². The molecule has 7 nitrogen and oxygen atoms in total. The Hall–Kier alpha value is -2.15. The van der Waals surface area contributed by atoms with Gasteiger partial charge in [-0.3, -0.25) is 19.1 Å². The first-order valence-electron chi connectivity index (χ1n) is 6.94. The molecule has 1 aromatic rings. The first kappa shape index (κ1) is 15.2. The second-order valence-corrected chi connectivity index (χ2v) is 5.06. The van der Waals surface area contributed by atoms with Crippen molar-refractivity contribution in [1.82, 2.24) is 4.68 Å². The number of hydrogen-bond donors (Lipinski definition) is 2. The van der Waals surface area contributed by atoms with E-state index >= 15 is 0 Å². The Labute approximate surface area is 121 Å². The maximum absolute atomic E-state index is 11.8. The normalized spacial score (nSPS) is 18.5. The molecule has 114 valence electrons. The number of carboxylic acids is 1. The van der Waals surface area contributed by atoms with Crippen LogP contribution in [0.3, 0.4) is 0 Å². The van der Waals surface area contributed by atoms with Gasteiger partial charge in [-0.05, 0) is 31.4 Å². The lowest BCUT2D eigenvalue weighted by atomic mass is 10.1. The second-order valence-electron chi connectivity index (χ2n) is 5.06. The quantitative estimate of drug-likeness (QED) is 0.561. The second kappa shape index (κ2) is 6.53. The fraction of sp³-hybridized carbons (Fsp3) is 0.500. The Morgan fingerprint density at radius 1 is 1.29 bits per heavy atom. The summed E-state index contributed by atoms with van der Waals surface area (Å²) >= 11 is 0. The number of imide groups is 1. The standard InChI is InChI=1S/C14H18N2O5/c17-11-9-12(18)16(14(11)21)15-8-4-6-10(15)5-2-1-3-7-13(19)20/h4,6,8,11,17H,1-3,5,7,9H2,(H,19,20). The summed E-state index contributed by atoms with van der Waals surface area (Å²) < 4.78 is 1.47.